The summed E-state index contributed by atoms with van der Waals surface area (Å²) in [4.78, 5) is 0. The summed E-state index contributed by atoms with van der Waals surface area (Å²) < 4.78 is 11.0. The van der Waals surface area contributed by atoms with E-state index >= 15 is 0 Å². The van der Waals surface area contributed by atoms with Crippen LogP contribution in [0.25, 0.3) is 11.1 Å². The number of halogens is 1. The molecule has 4 heteroatoms. The highest BCUT2D eigenvalue weighted by molar-refractivity contribution is 6.31. The first-order chi connectivity index (χ1) is 9.28. The maximum absolute atomic E-state index is 6.08. The standard InChI is InChI=1S/C15H16ClNO2/c1-18-14-5-2-10(16)8-13(14)12-6-7-19-15(12)9-17-11-3-4-11/h2,5-8,11,17H,3-4,9H2,1H3. The van der Waals surface area contributed by atoms with Crippen molar-refractivity contribution in [3.8, 4) is 16.9 Å². The first-order valence-corrected chi connectivity index (χ1v) is 6.79. The third-order valence-electron chi connectivity index (χ3n) is 3.33. The number of methoxy groups -OCH3 is 1. The second-order valence-electron chi connectivity index (χ2n) is 4.76. The summed E-state index contributed by atoms with van der Waals surface area (Å²) >= 11 is 6.08. The van der Waals surface area contributed by atoms with Gasteiger partial charge in [-0.2, -0.15) is 0 Å². The van der Waals surface area contributed by atoms with Gasteiger partial charge in [-0.1, -0.05) is 11.6 Å². The van der Waals surface area contributed by atoms with Crippen molar-refractivity contribution in [1.29, 1.82) is 0 Å². The third-order valence-corrected chi connectivity index (χ3v) is 3.56. The number of benzene rings is 1. The van der Waals surface area contributed by atoms with Crippen LogP contribution in [0.2, 0.25) is 5.02 Å². The molecular formula is C15H16ClNO2. The van der Waals surface area contributed by atoms with Crippen molar-refractivity contribution in [2.24, 2.45) is 0 Å². The first kappa shape index (κ1) is 12.6. The summed E-state index contributed by atoms with van der Waals surface area (Å²) in [6, 6.07) is 8.22. The van der Waals surface area contributed by atoms with Crippen molar-refractivity contribution in [2.75, 3.05) is 7.11 Å². The number of hydrogen-bond acceptors (Lipinski definition) is 3. The summed E-state index contributed by atoms with van der Waals surface area (Å²) in [5, 5.41) is 4.15. The summed E-state index contributed by atoms with van der Waals surface area (Å²) in [5.41, 5.74) is 2.00. The SMILES string of the molecule is COc1ccc(Cl)cc1-c1ccoc1CNC1CC1. The largest absolute Gasteiger partial charge is 0.496 e. The Morgan fingerprint density at radius 2 is 2.16 bits per heavy atom. The predicted molar refractivity (Wildman–Crippen MR) is 75.6 cm³/mol. The summed E-state index contributed by atoms with van der Waals surface area (Å²) in [5.74, 6) is 1.73. The van der Waals surface area contributed by atoms with Crippen LogP contribution >= 0.6 is 11.6 Å². The Hall–Kier alpha value is -1.45. The number of ether oxygens (including phenoxy) is 1. The molecule has 0 saturated heterocycles. The summed E-state index contributed by atoms with van der Waals surface area (Å²) in [7, 11) is 1.66. The average Bonchev–Trinajstić information content (AvgIpc) is 3.13. The number of nitrogens with one attached hydrogen (secondary N) is 1. The lowest BCUT2D eigenvalue weighted by atomic mass is 10.1. The fraction of sp³-hybridized carbons (Fsp3) is 0.333. The molecule has 1 aliphatic rings. The van der Waals surface area contributed by atoms with Crippen molar-refractivity contribution < 1.29 is 9.15 Å². The lowest BCUT2D eigenvalue weighted by molar-refractivity contribution is 0.416. The lowest BCUT2D eigenvalue weighted by Crippen LogP contribution is -2.15. The molecule has 3 rings (SSSR count). The van der Waals surface area contributed by atoms with Crippen LogP contribution in [0.15, 0.2) is 34.9 Å². The van der Waals surface area contributed by atoms with Crippen LogP contribution in [0, 0.1) is 0 Å². The number of furan rings is 1. The van der Waals surface area contributed by atoms with Gasteiger partial charge in [-0.15, -0.1) is 0 Å². The number of rotatable bonds is 5. The quantitative estimate of drug-likeness (QED) is 0.901. The van der Waals surface area contributed by atoms with Crippen molar-refractivity contribution >= 4 is 11.6 Å². The first-order valence-electron chi connectivity index (χ1n) is 6.41. The topological polar surface area (TPSA) is 34.4 Å². The molecule has 0 radical (unpaired) electrons. The molecule has 0 amide bonds. The molecule has 2 aromatic rings. The smallest absolute Gasteiger partial charge is 0.126 e. The predicted octanol–water partition coefficient (Wildman–Crippen LogP) is 3.86. The van der Waals surface area contributed by atoms with Gasteiger partial charge in [0.05, 0.1) is 19.9 Å². The second-order valence-corrected chi connectivity index (χ2v) is 5.19. The van der Waals surface area contributed by atoms with Crippen molar-refractivity contribution in [1.82, 2.24) is 5.32 Å². The van der Waals surface area contributed by atoms with E-state index in [9.17, 15) is 0 Å². The highest BCUT2D eigenvalue weighted by Gasteiger charge is 2.22. The van der Waals surface area contributed by atoms with Gasteiger partial charge >= 0.3 is 0 Å². The van der Waals surface area contributed by atoms with Gasteiger partial charge < -0.3 is 14.5 Å². The molecule has 1 saturated carbocycles. The van der Waals surface area contributed by atoms with Crippen molar-refractivity contribution in [2.45, 2.75) is 25.4 Å². The van der Waals surface area contributed by atoms with Gasteiger partial charge in [0.25, 0.3) is 0 Å². The normalized spacial score (nSPS) is 14.6. The zero-order valence-corrected chi connectivity index (χ0v) is 11.5. The Morgan fingerprint density at radius 1 is 1.32 bits per heavy atom. The van der Waals surface area contributed by atoms with E-state index in [0.717, 1.165) is 29.2 Å². The molecule has 1 aromatic heterocycles. The van der Waals surface area contributed by atoms with Gasteiger partial charge in [0.1, 0.15) is 11.5 Å². The second kappa shape index (κ2) is 5.27. The van der Waals surface area contributed by atoms with E-state index in [0.29, 0.717) is 11.1 Å². The van der Waals surface area contributed by atoms with E-state index in [-0.39, 0.29) is 0 Å². The minimum Gasteiger partial charge on any atom is -0.496 e. The van der Waals surface area contributed by atoms with Gasteiger partial charge in [-0.3, -0.25) is 0 Å². The molecule has 1 heterocycles. The van der Waals surface area contributed by atoms with Crippen LogP contribution in [-0.2, 0) is 6.54 Å². The van der Waals surface area contributed by atoms with Gasteiger partial charge in [-0.05, 0) is 37.1 Å². The lowest BCUT2D eigenvalue weighted by Gasteiger charge is -2.09. The number of hydrogen-bond donors (Lipinski definition) is 1. The van der Waals surface area contributed by atoms with Crippen molar-refractivity contribution in [3.63, 3.8) is 0 Å². The highest BCUT2D eigenvalue weighted by atomic mass is 35.5. The Kier molecular flexibility index (Phi) is 3.49. The van der Waals surface area contributed by atoms with Crippen molar-refractivity contribution in [3.05, 3.63) is 41.3 Å². The van der Waals surface area contributed by atoms with Gasteiger partial charge in [0, 0.05) is 22.2 Å². The Labute approximate surface area is 117 Å². The van der Waals surface area contributed by atoms with Crippen LogP contribution in [0.3, 0.4) is 0 Å². The van der Waals surface area contributed by atoms with Gasteiger partial charge in [0.2, 0.25) is 0 Å². The Balaban J connectivity index is 1.92. The minimum absolute atomic E-state index is 0.652. The van der Waals surface area contributed by atoms with Gasteiger partial charge in [0.15, 0.2) is 0 Å². The van der Waals surface area contributed by atoms with Crippen LogP contribution < -0.4 is 10.1 Å². The van der Waals surface area contributed by atoms with Crippen LogP contribution in [0.1, 0.15) is 18.6 Å². The zero-order valence-electron chi connectivity index (χ0n) is 10.8. The maximum Gasteiger partial charge on any atom is 0.126 e. The van der Waals surface area contributed by atoms with E-state index in [2.05, 4.69) is 5.32 Å². The molecular weight excluding hydrogens is 262 g/mol. The van der Waals surface area contributed by atoms with E-state index in [4.69, 9.17) is 20.8 Å². The third kappa shape index (κ3) is 2.77. The highest BCUT2D eigenvalue weighted by Crippen LogP contribution is 2.35. The molecule has 0 aliphatic heterocycles. The van der Waals surface area contributed by atoms with Crippen LogP contribution in [0.5, 0.6) is 5.75 Å². The molecule has 0 spiro atoms. The molecule has 3 nitrogen and oxygen atoms in total. The molecule has 0 atom stereocenters. The molecule has 1 fully saturated rings. The fourth-order valence-corrected chi connectivity index (χ4v) is 2.30. The molecule has 1 aromatic carbocycles. The Morgan fingerprint density at radius 3 is 2.89 bits per heavy atom. The summed E-state index contributed by atoms with van der Waals surface area (Å²) in [6.07, 6.45) is 4.23. The average molecular weight is 278 g/mol. The van der Waals surface area contributed by atoms with Crippen LogP contribution in [-0.4, -0.2) is 13.2 Å². The molecule has 0 bridgehead atoms. The zero-order chi connectivity index (χ0) is 13.2. The van der Waals surface area contributed by atoms with E-state index < -0.39 is 0 Å². The van der Waals surface area contributed by atoms with E-state index in [1.807, 2.05) is 24.3 Å². The maximum atomic E-state index is 6.08. The van der Waals surface area contributed by atoms with E-state index in [1.165, 1.54) is 12.8 Å². The molecule has 0 unspecified atom stereocenters. The fourth-order valence-electron chi connectivity index (χ4n) is 2.13. The molecule has 100 valence electrons. The minimum atomic E-state index is 0.652. The molecule has 1 N–H and O–H groups in total. The van der Waals surface area contributed by atoms with Crippen LogP contribution in [0.4, 0.5) is 0 Å². The van der Waals surface area contributed by atoms with Gasteiger partial charge in [-0.25, -0.2) is 0 Å². The van der Waals surface area contributed by atoms with E-state index in [1.54, 1.807) is 13.4 Å². The Bertz CT molecular complexity index is 575. The monoisotopic (exact) mass is 277 g/mol. The summed E-state index contributed by atoms with van der Waals surface area (Å²) in [6.45, 7) is 0.739. The molecule has 19 heavy (non-hydrogen) atoms. The molecule has 1 aliphatic carbocycles.